The number of carbonyl (C=O) groups excluding carboxylic acids is 2. The van der Waals surface area contributed by atoms with E-state index >= 15 is 0 Å². The Bertz CT molecular complexity index is 852. The second-order valence-electron chi connectivity index (χ2n) is 6.40. The number of alkyl halides is 3. The van der Waals surface area contributed by atoms with E-state index in [9.17, 15) is 22.8 Å². The second-order valence-corrected chi connectivity index (χ2v) is 7.40. The van der Waals surface area contributed by atoms with E-state index in [1.165, 1.54) is 4.90 Å². The summed E-state index contributed by atoms with van der Waals surface area (Å²) in [5.74, 6) is -1.69. The Hall–Kier alpha value is -2.42. The molecule has 9 heteroatoms. The Morgan fingerprint density at radius 3 is 2.64 bits per heavy atom. The number of piperidine rings is 1. The largest absolute Gasteiger partial charge is 0.466 e. The minimum Gasteiger partial charge on any atom is -0.466 e. The van der Waals surface area contributed by atoms with E-state index in [0.29, 0.717) is 24.9 Å². The predicted molar refractivity (Wildman–Crippen MR) is 97.8 cm³/mol. The molecule has 1 aliphatic heterocycles. The van der Waals surface area contributed by atoms with Crippen molar-refractivity contribution in [1.29, 1.82) is 0 Å². The zero-order chi connectivity index (χ0) is 20.3. The third kappa shape index (κ3) is 4.35. The maximum atomic E-state index is 13.5. The Balaban J connectivity index is 1.90. The standard InChI is InChI=1S/C19H19F3N2O3S/c1-2-27-18(26)13-9-6-10-24(11-13)17(25)14-15(19(20,21)22)23-16(28-14)12-7-4-3-5-8-12/h3-5,7-8,13H,2,6,9-11H2,1H3. The van der Waals surface area contributed by atoms with E-state index in [0.717, 1.165) is 11.3 Å². The molecule has 5 nitrogen and oxygen atoms in total. The summed E-state index contributed by atoms with van der Waals surface area (Å²) in [5.41, 5.74) is -0.667. The molecule has 1 atom stereocenters. The molecule has 28 heavy (non-hydrogen) atoms. The van der Waals surface area contributed by atoms with Crippen molar-refractivity contribution in [3.05, 3.63) is 40.9 Å². The normalized spacial score (nSPS) is 17.4. The van der Waals surface area contributed by atoms with Crippen molar-refractivity contribution in [2.45, 2.75) is 25.9 Å². The van der Waals surface area contributed by atoms with Gasteiger partial charge < -0.3 is 9.64 Å². The summed E-state index contributed by atoms with van der Waals surface area (Å²) in [6.07, 6.45) is -3.67. The number of esters is 1. The molecule has 1 saturated heterocycles. The Labute approximate surface area is 164 Å². The van der Waals surface area contributed by atoms with Crippen LogP contribution in [-0.2, 0) is 15.7 Å². The summed E-state index contributed by atoms with van der Waals surface area (Å²) in [6, 6.07) is 8.42. The minimum absolute atomic E-state index is 0.0491. The monoisotopic (exact) mass is 412 g/mol. The van der Waals surface area contributed by atoms with E-state index < -0.39 is 34.5 Å². The summed E-state index contributed by atoms with van der Waals surface area (Å²) in [7, 11) is 0. The average molecular weight is 412 g/mol. The highest BCUT2D eigenvalue weighted by Crippen LogP contribution is 2.38. The SMILES string of the molecule is CCOC(=O)C1CCCN(C(=O)c2sc(-c3ccccc3)nc2C(F)(F)F)C1. The molecule has 1 aromatic carbocycles. The van der Waals surface area contributed by atoms with E-state index in [1.54, 1.807) is 37.3 Å². The summed E-state index contributed by atoms with van der Waals surface area (Å²) < 4.78 is 45.5. The lowest BCUT2D eigenvalue weighted by Crippen LogP contribution is -2.43. The number of halogens is 3. The van der Waals surface area contributed by atoms with Crippen LogP contribution in [0.4, 0.5) is 13.2 Å². The fourth-order valence-corrected chi connectivity index (χ4v) is 4.18. The number of nitrogens with zero attached hydrogens (tertiary/aromatic N) is 2. The molecule has 0 radical (unpaired) electrons. The molecule has 2 heterocycles. The number of carbonyl (C=O) groups is 2. The number of rotatable bonds is 4. The van der Waals surface area contributed by atoms with Crippen LogP contribution in [0.5, 0.6) is 0 Å². The lowest BCUT2D eigenvalue weighted by atomic mass is 9.98. The molecule has 1 unspecified atom stereocenters. The Morgan fingerprint density at radius 2 is 2.00 bits per heavy atom. The van der Waals surface area contributed by atoms with E-state index in [4.69, 9.17) is 4.74 Å². The maximum absolute atomic E-state index is 13.5. The topological polar surface area (TPSA) is 59.5 Å². The minimum atomic E-state index is -4.75. The third-order valence-corrected chi connectivity index (χ3v) is 5.53. The fourth-order valence-electron chi connectivity index (χ4n) is 3.12. The molecular weight excluding hydrogens is 393 g/mol. The number of hydrogen-bond donors (Lipinski definition) is 0. The number of hydrogen-bond acceptors (Lipinski definition) is 5. The van der Waals surface area contributed by atoms with Gasteiger partial charge in [-0.15, -0.1) is 11.3 Å². The Morgan fingerprint density at radius 1 is 1.29 bits per heavy atom. The molecule has 0 aliphatic carbocycles. The van der Waals surface area contributed by atoms with Gasteiger partial charge in [0.15, 0.2) is 5.69 Å². The zero-order valence-electron chi connectivity index (χ0n) is 15.2. The lowest BCUT2D eigenvalue weighted by Gasteiger charge is -2.31. The molecule has 1 aromatic heterocycles. The highest BCUT2D eigenvalue weighted by molar-refractivity contribution is 7.17. The van der Waals surface area contributed by atoms with E-state index in [1.807, 2.05) is 0 Å². The van der Waals surface area contributed by atoms with E-state index in [-0.39, 0.29) is 18.2 Å². The van der Waals surface area contributed by atoms with Gasteiger partial charge in [0.1, 0.15) is 9.88 Å². The van der Waals surface area contributed by atoms with Gasteiger partial charge in [0.25, 0.3) is 5.91 Å². The van der Waals surface area contributed by atoms with Gasteiger partial charge in [-0.2, -0.15) is 13.2 Å². The van der Waals surface area contributed by atoms with Gasteiger partial charge >= 0.3 is 12.1 Å². The molecule has 0 saturated carbocycles. The van der Waals surface area contributed by atoms with Crippen molar-refractivity contribution < 1.29 is 27.5 Å². The van der Waals surface area contributed by atoms with Crippen LogP contribution >= 0.6 is 11.3 Å². The van der Waals surface area contributed by atoms with Gasteiger partial charge in [0.05, 0.1) is 12.5 Å². The van der Waals surface area contributed by atoms with Gasteiger partial charge in [0, 0.05) is 18.7 Å². The van der Waals surface area contributed by atoms with Crippen molar-refractivity contribution in [3.8, 4) is 10.6 Å². The fraction of sp³-hybridized carbons (Fsp3) is 0.421. The van der Waals surface area contributed by atoms with Crippen molar-refractivity contribution in [2.75, 3.05) is 19.7 Å². The summed E-state index contributed by atoms with van der Waals surface area (Å²) in [5, 5.41) is 0.134. The third-order valence-electron chi connectivity index (χ3n) is 4.44. The van der Waals surface area contributed by atoms with Crippen molar-refractivity contribution in [2.24, 2.45) is 5.92 Å². The molecule has 1 amide bonds. The van der Waals surface area contributed by atoms with Gasteiger partial charge in [0.2, 0.25) is 0 Å². The first kappa shape index (κ1) is 20.3. The number of ether oxygens (including phenoxy) is 1. The Kier molecular flexibility index (Phi) is 6.02. The summed E-state index contributed by atoms with van der Waals surface area (Å²) in [4.78, 5) is 29.4. The van der Waals surface area contributed by atoms with Gasteiger partial charge in [-0.1, -0.05) is 30.3 Å². The summed E-state index contributed by atoms with van der Waals surface area (Å²) >= 11 is 0.723. The number of amides is 1. The number of benzene rings is 1. The van der Waals surface area contributed by atoms with Crippen molar-refractivity contribution in [3.63, 3.8) is 0 Å². The predicted octanol–water partition coefficient (Wildman–Crippen LogP) is 4.24. The summed E-state index contributed by atoms with van der Waals surface area (Å²) in [6.45, 7) is 2.25. The highest BCUT2D eigenvalue weighted by atomic mass is 32.1. The second kappa shape index (κ2) is 8.30. The first-order valence-electron chi connectivity index (χ1n) is 8.90. The van der Waals surface area contributed by atoms with Crippen LogP contribution in [0.25, 0.3) is 10.6 Å². The van der Waals surface area contributed by atoms with Crippen LogP contribution in [-0.4, -0.2) is 41.5 Å². The molecular formula is C19H19F3N2O3S. The zero-order valence-corrected chi connectivity index (χ0v) is 16.0. The van der Waals surface area contributed by atoms with Crippen LogP contribution in [0.15, 0.2) is 30.3 Å². The lowest BCUT2D eigenvalue weighted by molar-refractivity contribution is -0.149. The number of thiazole rings is 1. The van der Waals surface area contributed by atoms with Crippen LogP contribution in [0.1, 0.15) is 35.1 Å². The molecule has 0 spiro atoms. The van der Waals surface area contributed by atoms with Gasteiger partial charge in [-0.05, 0) is 19.8 Å². The van der Waals surface area contributed by atoms with E-state index in [2.05, 4.69) is 4.98 Å². The maximum Gasteiger partial charge on any atom is 0.435 e. The molecule has 1 fully saturated rings. The first-order chi connectivity index (χ1) is 13.3. The molecule has 0 N–H and O–H groups in total. The quantitative estimate of drug-likeness (QED) is 0.705. The van der Waals surface area contributed by atoms with Crippen molar-refractivity contribution in [1.82, 2.24) is 9.88 Å². The van der Waals surface area contributed by atoms with Crippen LogP contribution in [0, 0.1) is 5.92 Å². The van der Waals surface area contributed by atoms with Crippen molar-refractivity contribution >= 4 is 23.2 Å². The number of aromatic nitrogens is 1. The molecule has 3 rings (SSSR count). The van der Waals surface area contributed by atoms with Crippen LogP contribution in [0.2, 0.25) is 0 Å². The van der Waals surface area contributed by atoms with Crippen LogP contribution < -0.4 is 0 Å². The smallest absolute Gasteiger partial charge is 0.435 e. The highest BCUT2D eigenvalue weighted by Gasteiger charge is 2.41. The van der Waals surface area contributed by atoms with Gasteiger partial charge in [-0.25, -0.2) is 4.98 Å². The van der Waals surface area contributed by atoms with Gasteiger partial charge in [-0.3, -0.25) is 9.59 Å². The molecule has 2 aromatic rings. The molecule has 0 bridgehead atoms. The first-order valence-corrected chi connectivity index (χ1v) is 9.72. The number of likely N-dealkylation sites (tertiary alicyclic amines) is 1. The van der Waals surface area contributed by atoms with Crippen LogP contribution in [0.3, 0.4) is 0 Å². The molecule has 150 valence electrons. The average Bonchev–Trinajstić information content (AvgIpc) is 3.14. The molecule has 1 aliphatic rings.